The van der Waals surface area contributed by atoms with Crippen molar-refractivity contribution < 1.29 is 0 Å². The Morgan fingerprint density at radius 2 is 2.14 bits per heavy atom. The van der Waals surface area contributed by atoms with Crippen LogP contribution in [0, 0.1) is 6.92 Å². The largest absolute Gasteiger partial charge is 0.322 e. The van der Waals surface area contributed by atoms with E-state index in [0.717, 1.165) is 26.8 Å². The SMILES string of the molecule is Cc1nc2cc(Br)ccc2cc1NN. The highest BCUT2D eigenvalue weighted by Gasteiger charge is 2.01. The molecule has 14 heavy (non-hydrogen) atoms. The number of hydrogen-bond donors (Lipinski definition) is 2. The second-order valence-corrected chi connectivity index (χ2v) is 4.02. The highest BCUT2D eigenvalue weighted by Crippen LogP contribution is 2.22. The van der Waals surface area contributed by atoms with Crippen molar-refractivity contribution in [1.82, 2.24) is 4.98 Å². The number of nitrogen functional groups attached to an aromatic ring is 1. The summed E-state index contributed by atoms with van der Waals surface area (Å²) in [5, 5.41) is 1.08. The number of benzene rings is 1. The van der Waals surface area contributed by atoms with Gasteiger partial charge in [-0.25, -0.2) is 0 Å². The van der Waals surface area contributed by atoms with E-state index in [1.165, 1.54) is 0 Å². The summed E-state index contributed by atoms with van der Waals surface area (Å²) in [7, 11) is 0. The second-order valence-electron chi connectivity index (χ2n) is 3.10. The number of hydrogen-bond acceptors (Lipinski definition) is 3. The minimum Gasteiger partial charge on any atom is -0.322 e. The second kappa shape index (κ2) is 3.55. The van der Waals surface area contributed by atoms with Crippen molar-refractivity contribution in [2.75, 3.05) is 5.43 Å². The Balaban J connectivity index is 2.73. The van der Waals surface area contributed by atoms with Gasteiger partial charge in [-0.05, 0) is 25.1 Å². The lowest BCUT2D eigenvalue weighted by Crippen LogP contribution is -2.08. The number of fused-ring (bicyclic) bond motifs is 1. The van der Waals surface area contributed by atoms with Crippen molar-refractivity contribution in [2.24, 2.45) is 5.84 Å². The predicted octanol–water partition coefficient (Wildman–Crippen LogP) is 2.59. The molecule has 2 aromatic rings. The van der Waals surface area contributed by atoms with Crippen molar-refractivity contribution in [3.05, 3.63) is 34.4 Å². The lowest BCUT2D eigenvalue weighted by Gasteiger charge is -2.06. The third kappa shape index (κ3) is 1.58. The van der Waals surface area contributed by atoms with E-state index in [4.69, 9.17) is 5.84 Å². The van der Waals surface area contributed by atoms with Crippen LogP contribution in [0.15, 0.2) is 28.7 Å². The first-order chi connectivity index (χ1) is 6.70. The van der Waals surface area contributed by atoms with Gasteiger partial charge in [0.2, 0.25) is 0 Å². The standard InChI is InChI=1S/C10H10BrN3/c1-6-9(14-12)4-7-2-3-8(11)5-10(7)13-6/h2-5,14H,12H2,1H3. The van der Waals surface area contributed by atoms with Crippen LogP contribution in [0.1, 0.15) is 5.69 Å². The van der Waals surface area contributed by atoms with Gasteiger partial charge in [-0.2, -0.15) is 0 Å². The Hall–Kier alpha value is -1.13. The molecule has 0 aliphatic heterocycles. The molecule has 3 N–H and O–H groups in total. The molecule has 1 heterocycles. The molecule has 0 aliphatic rings. The number of nitrogens with zero attached hydrogens (tertiary/aromatic N) is 1. The Kier molecular flexibility index (Phi) is 2.39. The van der Waals surface area contributed by atoms with Crippen molar-refractivity contribution in [3.8, 4) is 0 Å². The maximum atomic E-state index is 5.37. The fraction of sp³-hybridized carbons (Fsp3) is 0.100. The van der Waals surface area contributed by atoms with Crippen LogP contribution in [-0.2, 0) is 0 Å². The summed E-state index contributed by atoms with van der Waals surface area (Å²) in [5.41, 5.74) is 5.36. The van der Waals surface area contributed by atoms with E-state index in [0.29, 0.717) is 0 Å². The molecule has 0 radical (unpaired) electrons. The fourth-order valence-corrected chi connectivity index (χ4v) is 1.73. The molecule has 0 aliphatic carbocycles. The number of hydrazine groups is 1. The zero-order chi connectivity index (χ0) is 10.1. The van der Waals surface area contributed by atoms with Crippen LogP contribution in [0.3, 0.4) is 0 Å². The number of anilines is 1. The van der Waals surface area contributed by atoms with Gasteiger partial charge in [0.05, 0.1) is 16.9 Å². The first kappa shape index (κ1) is 9.43. The van der Waals surface area contributed by atoms with Gasteiger partial charge in [-0.3, -0.25) is 10.8 Å². The van der Waals surface area contributed by atoms with Crippen molar-refractivity contribution in [1.29, 1.82) is 0 Å². The molecule has 1 aromatic heterocycles. The molecule has 0 bridgehead atoms. The van der Waals surface area contributed by atoms with Crippen molar-refractivity contribution in [2.45, 2.75) is 6.92 Å². The van der Waals surface area contributed by atoms with E-state index >= 15 is 0 Å². The molecule has 0 saturated heterocycles. The summed E-state index contributed by atoms with van der Waals surface area (Å²) in [6.45, 7) is 1.93. The van der Waals surface area contributed by atoms with Gasteiger partial charge in [-0.15, -0.1) is 0 Å². The summed E-state index contributed by atoms with van der Waals surface area (Å²) in [6, 6.07) is 7.97. The number of aryl methyl sites for hydroxylation is 1. The number of pyridine rings is 1. The lowest BCUT2D eigenvalue weighted by atomic mass is 10.2. The maximum absolute atomic E-state index is 5.37. The minimum atomic E-state index is 0.861. The van der Waals surface area contributed by atoms with Crippen molar-refractivity contribution >= 4 is 32.5 Å². The molecule has 72 valence electrons. The zero-order valence-corrected chi connectivity index (χ0v) is 9.30. The van der Waals surface area contributed by atoms with E-state index in [1.54, 1.807) is 0 Å². The monoisotopic (exact) mass is 251 g/mol. The Bertz CT molecular complexity index is 482. The van der Waals surface area contributed by atoms with E-state index < -0.39 is 0 Å². The van der Waals surface area contributed by atoms with E-state index in [1.807, 2.05) is 31.2 Å². The molecule has 4 heteroatoms. The number of nitrogens with two attached hydrogens (primary N) is 1. The highest BCUT2D eigenvalue weighted by atomic mass is 79.9. The summed E-state index contributed by atoms with van der Waals surface area (Å²) in [4.78, 5) is 4.43. The number of aromatic nitrogens is 1. The van der Waals surface area contributed by atoms with Crippen molar-refractivity contribution in [3.63, 3.8) is 0 Å². The normalized spacial score (nSPS) is 10.5. The molecule has 0 saturated carbocycles. The van der Waals surface area contributed by atoms with Crippen LogP contribution < -0.4 is 11.3 Å². The van der Waals surface area contributed by atoms with Gasteiger partial charge in [-0.1, -0.05) is 22.0 Å². The van der Waals surface area contributed by atoms with E-state index in [-0.39, 0.29) is 0 Å². The minimum absolute atomic E-state index is 0.861. The van der Waals surface area contributed by atoms with Gasteiger partial charge >= 0.3 is 0 Å². The zero-order valence-electron chi connectivity index (χ0n) is 7.71. The molecule has 3 nitrogen and oxygen atoms in total. The van der Waals surface area contributed by atoms with Gasteiger partial charge in [0.15, 0.2) is 0 Å². The molecule has 0 atom stereocenters. The molecule has 0 spiro atoms. The van der Waals surface area contributed by atoms with Gasteiger partial charge < -0.3 is 5.43 Å². The molecule has 0 fully saturated rings. The number of halogens is 1. The summed E-state index contributed by atoms with van der Waals surface area (Å²) in [5.74, 6) is 5.37. The first-order valence-electron chi connectivity index (χ1n) is 4.24. The third-order valence-corrected chi connectivity index (χ3v) is 2.62. The average molecular weight is 252 g/mol. The molecular weight excluding hydrogens is 242 g/mol. The van der Waals surface area contributed by atoms with E-state index in [2.05, 4.69) is 26.3 Å². The quantitative estimate of drug-likeness (QED) is 0.605. The Labute approximate surface area is 90.4 Å². The average Bonchev–Trinajstić information content (AvgIpc) is 2.16. The van der Waals surface area contributed by atoms with Gasteiger partial charge in [0.25, 0.3) is 0 Å². The molecular formula is C10H10BrN3. The molecule has 1 aromatic carbocycles. The molecule has 0 amide bonds. The first-order valence-corrected chi connectivity index (χ1v) is 5.03. The van der Waals surface area contributed by atoms with Crippen LogP contribution in [0.25, 0.3) is 10.9 Å². The summed E-state index contributed by atoms with van der Waals surface area (Å²) in [6.07, 6.45) is 0. The van der Waals surface area contributed by atoms with Crippen LogP contribution in [0.2, 0.25) is 0 Å². The maximum Gasteiger partial charge on any atom is 0.0718 e. The Morgan fingerprint density at radius 3 is 2.86 bits per heavy atom. The third-order valence-electron chi connectivity index (χ3n) is 2.13. The van der Waals surface area contributed by atoms with Gasteiger partial charge in [0, 0.05) is 9.86 Å². The van der Waals surface area contributed by atoms with Gasteiger partial charge in [0.1, 0.15) is 0 Å². The highest BCUT2D eigenvalue weighted by molar-refractivity contribution is 9.10. The smallest absolute Gasteiger partial charge is 0.0718 e. The Morgan fingerprint density at radius 1 is 1.36 bits per heavy atom. The summed E-state index contributed by atoms with van der Waals surface area (Å²) >= 11 is 3.41. The number of rotatable bonds is 1. The number of nitrogens with one attached hydrogen (secondary N) is 1. The fourth-order valence-electron chi connectivity index (χ4n) is 1.38. The van der Waals surface area contributed by atoms with Crippen LogP contribution >= 0.6 is 15.9 Å². The lowest BCUT2D eigenvalue weighted by molar-refractivity contribution is 1.21. The van der Waals surface area contributed by atoms with E-state index in [9.17, 15) is 0 Å². The van der Waals surface area contributed by atoms with Crippen LogP contribution in [-0.4, -0.2) is 4.98 Å². The topological polar surface area (TPSA) is 50.9 Å². The van der Waals surface area contributed by atoms with Crippen LogP contribution in [0.5, 0.6) is 0 Å². The molecule has 0 unspecified atom stereocenters. The predicted molar refractivity (Wildman–Crippen MR) is 62.0 cm³/mol. The summed E-state index contributed by atoms with van der Waals surface area (Å²) < 4.78 is 1.03. The molecule has 2 rings (SSSR count). The van der Waals surface area contributed by atoms with Crippen LogP contribution in [0.4, 0.5) is 5.69 Å².